The smallest absolute Gasteiger partial charge is 0.191 e. The molecule has 1 heterocycles. The molecule has 0 unspecified atom stereocenters. The lowest BCUT2D eigenvalue weighted by Crippen LogP contribution is -2.37. The summed E-state index contributed by atoms with van der Waals surface area (Å²) in [5, 5.41) is 6.45. The summed E-state index contributed by atoms with van der Waals surface area (Å²) >= 11 is 0. The van der Waals surface area contributed by atoms with Gasteiger partial charge in [-0.2, -0.15) is 0 Å². The molecule has 1 fully saturated rings. The van der Waals surface area contributed by atoms with Crippen LogP contribution in [-0.4, -0.2) is 37.0 Å². The maximum absolute atomic E-state index is 4.59. The minimum Gasteiger partial charge on any atom is -0.357 e. The average Bonchev–Trinajstić information content (AvgIpc) is 3.04. The molecule has 1 aromatic carbocycles. The molecule has 0 aromatic heterocycles. The number of benzene rings is 1. The molecule has 2 N–H and O–H groups in total. The normalized spacial score (nSPS) is 15.8. The number of hydrogen-bond acceptors (Lipinski definition) is 2. The van der Waals surface area contributed by atoms with Gasteiger partial charge in [0.05, 0.1) is 6.54 Å². The van der Waals surface area contributed by atoms with Gasteiger partial charge in [-0.1, -0.05) is 30.3 Å². The molecule has 4 heteroatoms. The van der Waals surface area contributed by atoms with Gasteiger partial charge in [0.1, 0.15) is 0 Å². The van der Waals surface area contributed by atoms with Gasteiger partial charge >= 0.3 is 0 Å². The third-order valence-corrected chi connectivity index (χ3v) is 3.81. The van der Waals surface area contributed by atoms with Crippen molar-refractivity contribution in [3.05, 3.63) is 48.0 Å². The highest BCUT2D eigenvalue weighted by Crippen LogP contribution is 2.13. The van der Waals surface area contributed by atoms with E-state index >= 15 is 0 Å². The molecule has 1 aliphatic heterocycles. The Morgan fingerprint density at radius 1 is 1.18 bits per heavy atom. The van der Waals surface area contributed by atoms with Gasteiger partial charge in [-0.3, -0.25) is 4.90 Å². The molecule has 22 heavy (non-hydrogen) atoms. The summed E-state index contributed by atoms with van der Waals surface area (Å²) in [5.41, 5.74) is 2.63. The zero-order valence-corrected chi connectivity index (χ0v) is 13.6. The molecule has 0 saturated carbocycles. The quantitative estimate of drug-likeness (QED) is 0.462. The first kappa shape index (κ1) is 16.6. The van der Waals surface area contributed by atoms with Gasteiger partial charge in [0, 0.05) is 19.6 Å². The first-order chi connectivity index (χ1) is 10.8. The van der Waals surface area contributed by atoms with Gasteiger partial charge in [0.15, 0.2) is 5.96 Å². The van der Waals surface area contributed by atoms with Crippen LogP contribution >= 0.6 is 0 Å². The predicted molar refractivity (Wildman–Crippen MR) is 94.0 cm³/mol. The van der Waals surface area contributed by atoms with E-state index in [0.29, 0.717) is 6.54 Å². The van der Waals surface area contributed by atoms with E-state index in [9.17, 15) is 0 Å². The Balaban J connectivity index is 1.87. The second-order valence-corrected chi connectivity index (χ2v) is 5.66. The van der Waals surface area contributed by atoms with Crippen molar-refractivity contribution in [1.82, 2.24) is 15.5 Å². The molecule has 0 bridgehead atoms. The fraction of sp³-hybridized carbons (Fsp3) is 0.500. The molecule has 0 aliphatic carbocycles. The zero-order chi connectivity index (χ0) is 15.6. The van der Waals surface area contributed by atoms with E-state index in [0.717, 1.165) is 25.6 Å². The topological polar surface area (TPSA) is 39.7 Å². The first-order valence-corrected chi connectivity index (χ1v) is 8.25. The molecular formula is C18H28N4. The van der Waals surface area contributed by atoms with Crippen LogP contribution in [0, 0.1) is 0 Å². The molecule has 120 valence electrons. The minimum absolute atomic E-state index is 0.691. The molecule has 0 atom stereocenters. The number of hydrogen-bond donors (Lipinski definition) is 2. The second kappa shape index (κ2) is 9.26. The lowest BCUT2D eigenvalue weighted by atomic mass is 10.1. The van der Waals surface area contributed by atoms with Crippen LogP contribution < -0.4 is 10.6 Å². The first-order valence-electron chi connectivity index (χ1n) is 8.25. The Labute approximate surface area is 134 Å². The van der Waals surface area contributed by atoms with Crippen molar-refractivity contribution < 1.29 is 0 Å². The summed E-state index contributed by atoms with van der Waals surface area (Å²) in [7, 11) is 0. The van der Waals surface area contributed by atoms with Crippen LogP contribution in [0.2, 0.25) is 0 Å². The molecule has 0 amide bonds. The number of rotatable bonds is 7. The van der Waals surface area contributed by atoms with Crippen molar-refractivity contribution in [3.63, 3.8) is 0 Å². The van der Waals surface area contributed by atoms with E-state index in [1.54, 1.807) is 0 Å². The molecule has 2 rings (SSSR count). The Morgan fingerprint density at radius 3 is 2.50 bits per heavy atom. The van der Waals surface area contributed by atoms with Crippen LogP contribution in [0.4, 0.5) is 0 Å². The fourth-order valence-electron chi connectivity index (χ4n) is 2.63. The largest absolute Gasteiger partial charge is 0.357 e. The van der Waals surface area contributed by atoms with Crippen LogP contribution in [0.5, 0.6) is 0 Å². The van der Waals surface area contributed by atoms with E-state index in [-0.39, 0.29) is 0 Å². The Hall–Kier alpha value is -1.81. The third kappa shape index (κ3) is 5.53. The summed E-state index contributed by atoms with van der Waals surface area (Å²) in [6.45, 7) is 11.6. The molecule has 0 spiro atoms. The number of nitrogens with one attached hydrogen (secondary N) is 2. The van der Waals surface area contributed by atoms with E-state index in [1.807, 2.05) is 6.08 Å². The molecule has 1 aromatic rings. The summed E-state index contributed by atoms with van der Waals surface area (Å²) in [5.74, 6) is 0.837. The minimum atomic E-state index is 0.691. The predicted octanol–water partition coefficient (Wildman–Crippen LogP) is 2.52. The molecule has 1 saturated heterocycles. The van der Waals surface area contributed by atoms with E-state index in [1.165, 1.54) is 37.1 Å². The zero-order valence-electron chi connectivity index (χ0n) is 13.6. The van der Waals surface area contributed by atoms with Crippen molar-refractivity contribution in [2.24, 2.45) is 4.99 Å². The summed E-state index contributed by atoms with van der Waals surface area (Å²) in [6, 6.07) is 8.83. The lowest BCUT2D eigenvalue weighted by molar-refractivity contribution is 0.331. The highest BCUT2D eigenvalue weighted by Gasteiger charge is 2.11. The van der Waals surface area contributed by atoms with Crippen LogP contribution in [0.3, 0.4) is 0 Å². The fourth-order valence-corrected chi connectivity index (χ4v) is 2.63. The van der Waals surface area contributed by atoms with Crippen molar-refractivity contribution in [3.8, 4) is 0 Å². The number of aliphatic imine (C=N–C) groups is 1. The maximum atomic E-state index is 4.59. The van der Waals surface area contributed by atoms with Crippen LogP contribution in [0.1, 0.15) is 30.9 Å². The standard InChI is InChI=1S/C18H28N4/c1-3-11-20-18(19-4-2)21-14-16-7-9-17(10-8-16)15-22-12-5-6-13-22/h3,7-10H,1,4-6,11-15H2,2H3,(H2,19,20,21). The molecule has 0 radical (unpaired) electrons. The number of nitrogens with zero attached hydrogens (tertiary/aromatic N) is 2. The van der Waals surface area contributed by atoms with E-state index in [2.05, 4.69) is 58.3 Å². The lowest BCUT2D eigenvalue weighted by Gasteiger charge is -2.14. The number of likely N-dealkylation sites (tertiary alicyclic amines) is 1. The van der Waals surface area contributed by atoms with Gasteiger partial charge < -0.3 is 10.6 Å². The van der Waals surface area contributed by atoms with Crippen molar-refractivity contribution in [2.45, 2.75) is 32.9 Å². The maximum Gasteiger partial charge on any atom is 0.191 e. The van der Waals surface area contributed by atoms with Gasteiger partial charge in [0.25, 0.3) is 0 Å². The average molecular weight is 300 g/mol. The Bertz CT molecular complexity index is 472. The molecule has 4 nitrogen and oxygen atoms in total. The summed E-state index contributed by atoms with van der Waals surface area (Å²) in [6.07, 6.45) is 4.52. The van der Waals surface area contributed by atoms with Gasteiger partial charge in [0.2, 0.25) is 0 Å². The highest BCUT2D eigenvalue weighted by atomic mass is 15.2. The Morgan fingerprint density at radius 2 is 1.86 bits per heavy atom. The van der Waals surface area contributed by atoms with Crippen LogP contribution in [-0.2, 0) is 13.1 Å². The second-order valence-electron chi connectivity index (χ2n) is 5.66. The van der Waals surface area contributed by atoms with Crippen molar-refractivity contribution >= 4 is 5.96 Å². The molecule has 1 aliphatic rings. The van der Waals surface area contributed by atoms with E-state index < -0.39 is 0 Å². The van der Waals surface area contributed by atoms with Crippen LogP contribution in [0.15, 0.2) is 41.9 Å². The SMILES string of the molecule is C=CCNC(=NCc1ccc(CN2CCCC2)cc1)NCC. The van der Waals surface area contributed by atoms with Crippen LogP contribution in [0.25, 0.3) is 0 Å². The summed E-state index contributed by atoms with van der Waals surface area (Å²) < 4.78 is 0. The van der Waals surface area contributed by atoms with Gasteiger partial charge in [-0.15, -0.1) is 6.58 Å². The summed E-state index contributed by atoms with van der Waals surface area (Å²) in [4.78, 5) is 7.11. The monoisotopic (exact) mass is 300 g/mol. The molecular weight excluding hydrogens is 272 g/mol. The highest BCUT2D eigenvalue weighted by molar-refractivity contribution is 5.79. The Kier molecular flexibility index (Phi) is 6.97. The van der Waals surface area contributed by atoms with Crippen molar-refractivity contribution in [1.29, 1.82) is 0 Å². The van der Waals surface area contributed by atoms with Crippen molar-refractivity contribution in [2.75, 3.05) is 26.2 Å². The number of guanidine groups is 1. The van der Waals surface area contributed by atoms with Gasteiger partial charge in [-0.05, 0) is 44.0 Å². The van der Waals surface area contributed by atoms with E-state index in [4.69, 9.17) is 0 Å². The van der Waals surface area contributed by atoms with Gasteiger partial charge in [-0.25, -0.2) is 4.99 Å². The third-order valence-electron chi connectivity index (χ3n) is 3.81.